The first-order valence-corrected chi connectivity index (χ1v) is 4.53. The van der Waals surface area contributed by atoms with Crippen molar-refractivity contribution in [2.75, 3.05) is 6.54 Å². The molecule has 0 bridgehead atoms. The monoisotopic (exact) mass is 248 g/mol. The number of carbonyl (C=O) groups is 1. The van der Waals surface area contributed by atoms with Gasteiger partial charge < -0.3 is 11.1 Å². The number of nitrogens with two attached hydrogens (primary N) is 1. The Morgan fingerprint density at radius 1 is 1.31 bits per heavy atom. The van der Waals surface area contributed by atoms with Crippen molar-refractivity contribution in [2.24, 2.45) is 5.73 Å². The van der Waals surface area contributed by atoms with Crippen molar-refractivity contribution in [1.29, 1.82) is 0 Å². The second kappa shape index (κ2) is 4.93. The molecule has 0 aromatic heterocycles. The lowest BCUT2D eigenvalue weighted by Gasteiger charge is -2.06. The summed E-state index contributed by atoms with van der Waals surface area (Å²) in [5.41, 5.74) is 4.22. The van der Waals surface area contributed by atoms with E-state index >= 15 is 0 Å². The molecule has 0 fully saturated rings. The van der Waals surface area contributed by atoms with Crippen LogP contribution in [0.4, 0.5) is 13.2 Å². The zero-order valence-corrected chi connectivity index (χ0v) is 8.71. The highest BCUT2D eigenvalue weighted by Gasteiger charge is 2.18. The third kappa shape index (κ3) is 2.93. The van der Waals surface area contributed by atoms with Crippen molar-refractivity contribution in [3.05, 3.63) is 35.1 Å². The fraction of sp³-hybridized carbons (Fsp3) is 0.111. The molecule has 0 unspecified atom stereocenters. The maximum absolute atomic E-state index is 13.1. The maximum Gasteiger partial charge on any atom is 0.257 e. The number of carbonyl (C=O) groups excluding carboxylic acids is 1. The average molecular weight is 248 g/mol. The third-order valence-corrected chi connectivity index (χ3v) is 1.80. The molecule has 0 atom stereocenters. The highest BCUT2D eigenvalue weighted by atomic mass is 32.1. The van der Waals surface area contributed by atoms with Gasteiger partial charge in [0.15, 0.2) is 0 Å². The minimum atomic E-state index is -1.28. The van der Waals surface area contributed by atoms with E-state index in [2.05, 4.69) is 17.5 Å². The van der Waals surface area contributed by atoms with Crippen LogP contribution in [0, 0.1) is 17.5 Å². The number of hydrogen-bond donors (Lipinski definition) is 2. The second-order valence-corrected chi connectivity index (χ2v) is 3.42. The number of hydrogen-bond acceptors (Lipinski definition) is 2. The van der Waals surface area contributed by atoms with E-state index in [4.69, 9.17) is 5.73 Å². The summed E-state index contributed by atoms with van der Waals surface area (Å²) in [4.78, 5) is 11.2. The molecule has 0 aliphatic rings. The predicted octanol–water partition coefficient (Wildman–Crippen LogP) is 1.12. The molecule has 3 nitrogen and oxygen atoms in total. The first kappa shape index (κ1) is 12.4. The number of nitrogens with one attached hydrogen (secondary N) is 1. The molecule has 86 valence electrons. The zero-order valence-electron chi connectivity index (χ0n) is 7.89. The summed E-state index contributed by atoms with van der Waals surface area (Å²) in [5.74, 6) is -4.69. The van der Waals surface area contributed by atoms with Gasteiger partial charge in [0.1, 0.15) is 23.0 Å². The molecule has 0 radical (unpaired) electrons. The van der Waals surface area contributed by atoms with Crippen molar-refractivity contribution in [3.63, 3.8) is 0 Å². The van der Waals surface area contributed by atoms with Gasteiger partial charge in [0.25, 0.3) is 5.91 Å². The molecule has 1 aromatic rings. The Bertz CT molecular complexity index is 427. The standard InChI is InChI=1S/C9H7F3N2OS/c10-4-1-5(11)8(6(12)2-4)9(15)14-3-7(13)16/h1-2H,3H2,(H2,13,16)(H,14,15). The van der Waals surface area contributed by atoms with Gasteiger partial charge in [0.05, 0.1) is 11.5 Å². The largest absolute Gasteiger partial charge is 0.392 e. The van der Waals surface area contributed by atoms with Gasteiger partial charge in [-0.2, -0.15) is 0 Å². The molecule has 3 N–H and O–H groups in total. The van der Waals surface area contributed by atoms with E-state index in [0.29, 0.717) is 12.1 Å². The van der Waals surface area contributed by atoms with E-state index in [1.165, 1.54) is 0 Å². The van der Waals surface area contributed by atoms with Gasteiger partial charge in [-0.3, -0.25) is 4.79 Å². The zero-order chi connectivity index (χ0) is 12.3. The SMILES string of the molecule is NC(=S)CNC(=O)c1c(F)cc(F)cc1F. The number of rotatable bonds is 3. The fourth-order valence-electron chi connectivity index (χ4n) is 1.01. The highest BCUT2D eigenvalue weighted by molar-refractivity contribution is 7.80. The Labute approximate surface area is 94.4 Å². The first-order chi connectivity index (χ1) is 7.41. The molecule has 0 saturated carbocycles. The molecule has 0 spiro atoms. The Balaban J connectivity index is 2.95. The first-order valence-electron chi connectivity index (χ1n) is 4.13. The van der Waals surface area contributed by atoms with Crippen LogP contribution in [-0.4, -0.2) is 17.4 Å². The average Bonchev–Trinajstić information content (AvgIpc) is 2.12. The molecule has 7 heteroatoms. The number of benzene rings is 1. The third-order valence-electron chi connectivity index (χ3n) is 1.66. The van der Waals surface area contributed by atoms with Crippen molar-refractivity contribution < 1.29 is 18.0 Å². The Kier molecular flexibility index (Phi) is 3.83. The maximum atomic E-state index is 13.1. The fourth-order valence-corrected chi connectivity index (χ4v) is 1.09. The molecule has 0 saturated heterocycles. The van der Waals surface area contributed by atoms with Crippen molar-refractivity contribution in [3.8, 4) is 0 Å². The molecule has 1 aromatic carbocycles. The topological polar surface area (TPSA) is 55.1 Å². The molecule has 0 aliphatic heterocycles. The van der Waals surface area contributed by atoms with Crippen LogP contribution in [0.25, 0.3) is 0 Å². The normalized spacial score (nSPS) is 9.94. The van der Waals surface area contributed by atoms with Gasteiger partial charge >= 0.3 is 0 Å². The molecular formula is C9H7F3N2OS. The van der Waals surface area contributed by atoms with Crippen LogP contribution in [0.1, 0.15) is 10.4 Å². The molecular weight excluding hydrogens is 241 g/mol. The van der Waals surface area contributed by atoms with Gasteiger partial charge in [-0.25, -0.2) is 13.2 Å². The summed E-state index contributed by atoms with van der Waals surface area (Å²) in [5, 5.41) is 2.09. The van der Waals surface area contributed by atoms with E-state index in [-0.39, 0.29) is 11.5 Å². The summed E-state index contributed by atoms with van der Waals surface area (Å²) < 4.78 is 38.7. The van der Waals surface area contributed by atoms with Crippen LogP contribution in [0.2, 0.25) is 0 Å². The van der Waals surface area contributed by atoms with Crippen molar-refractivity contribution in [2.45, 2.75) is 0 Å². The molecule has 1 rings (SSSR count). The van der Waals surface area contributed by atoms with Gasteiger partial charge in [0.2, 0.25) is 0 Å². The van der Waals surface area contributed by atoms with Gasteiger partial charge in [-0.05, 0) is 0 Å². The summed E-state index contributed by atoms with van der Waals surface area (Å²) in [6.07, 6.45) is 0. The Morgan fingerprint density at radius 3 is 2.25 bits per heavy atom. The lowest BCUT2D eigenvalue weighted by Crippen LogP contribution is -2.33. The smallest absolute Gasteiger partial charge is 0.257 e. The molecule has 1 amide bonds. The highest BCUT2D eigenvalue weighted by Crippen LogP contribution is 2.14. The van der Waals surface area contributed by atoms with Crippen LogP contribution < -0.4 is 11.1 Å². The van der Waals surface area contributed by atoms with Gasteiger partial charge in [-0.15, -0.1) is 0 Å². The molecule has 0 heterocycles. The van der Waals surface area contributed by atoms with Crippen LogP contribution in [0.3, 0.4) is 0 Å². The number of amides is 1. The minimum absolute atomic E-state index is 0.0312. The van der Waals surface area contributed by atoms with Crippen LogP contribution in [-0.2, 0) is 0 Å². The predicted molar refractivity (Wildman–Crippen MR) is 55.4 cm³/mol. The Hall–Kier alpha value is -1.63. The summed E-state index contributed by atoms with van der Waals surface area (Å²) in [6.45, 7) is -0.190. The number of halogens is 3. The summed E-state index contributed by atoms with van der Waals surface area (Å²) >= 11 is 4.47. The lowest BCUT2D eigenvalue weighted by molar-refractivity contribution is 0.0951. The van der Waals surface area contributed by atoms with Crippen molar-refractivity contribution >= 4 is 23.1 Å². The van der Waals surface area contributed by atoms with E-state index in [9.17, 15) is 18.0 Å². The van der Waals surface area contributed by atoms with Crippen LogP contribution in [0.15, 0.2) is 12.1 Å². The van der Waals surface area contributed by atoms with E-state index in [0.717, 1.165) is 0 Å². The van der Waals surface area contributed by atoms with Crippen LogP contribution in [0.5, 0.6) is 0 Å². The minimum Gasteiger partial charge on any atom is -0.392 e. The van der Waals surface area contributed by atoms with Crippen molar-refractivity contribution in [1.82, 2.24) is 5.32 Å². The summed E-state index contributed by atoms with van der Waals surface area (Å²) in [7, 11) is 0. The van der Waals surface area contributed by atoms with Gasteiger partial charge in [0, 0.05) is 12.1 Å². The van der Waals surface area contributed by atoms with E-state index < -0.39 is 28.9 Å². The van der Waals surface area contributed by atoms with E-state index in [1.807, 2.05) is 0 Å². The second-order valence-electron chi connectivity index (χ2n) is 2.89. The quantitative estimate of drug-likeness (QED) is 0.788. The van der Waals surface area contributed by atoms with Gasteiger partial charge in [-0.1, -0.05) is 12.2 Å². The molecule has 16 heavy (non-hydrogen) atoms. The lowest BCUT2D eigenvalue weighted by atomic mass is 10.2. The molecule has 0 aliphatic carbocycles. The van der Waals surface area contributed by atoms with Crippen LogP contribution >= 0.6 is 12.2 Å². The summed E-state index contributed by atoms with van der Waals surface area (Å²) in [6, 6.07) is 0.831. The number of thiocarbonyl (C=S) groups is 1. The van der Waals surface area contributed by atoms with E-state index in [1.54, 1.807) is 0 Å². The Morgan fingerprint density at radius 2 is 1.81 bits per heavy atom.